The van der Waals surface area contributed by atoms with E-state index in [1.165, 1.54) is 48.7 Å². The minimum Gasteiger partial charge on any atom is -0.872 e. The quantitative estimate of drug-likeness (QED) is 0.302. The molecule has 3 rings (SSSR count). The molecule has 3 aromatic carbocycles. The van der Waals surface area contributed by atoms with E-state index in [0.717, 1.165) is 0 Å². The average molecular weight is 428 g/mol. The van der Waals surface area contributed by atoms with E-state index in [0.29, 0.717) is 11.1 Å². The Labute approximate surface area is 183 Å². The van der Waals surface area contributed by atoms with Crippen molar-refractivity contribution in [2.75, 3.05) is 0 Å². The zero-order valence-corrected chi connectivity index (χ0v) is 16.7. The van der Waals surface area contributed by atoms with Crippen LogP contribution in [-0.2, 0) is 4.79 Å². The van der Waals surface area contributed by atoms with Gasteiger partial charge in [-0.1, -0.05) is 54.6 Å². The van der Waals surface area contributed by atoms with Gasteiger partial charge in [0.2, 0.25) is 0 Å². The summed E-state index contributed by atoms with van der Waals surface area (Å²) >= 11 is 0. The number of carboxylic acids is 1. The number of nitrogens with zero attached hydrogens (tertiary/aromatic N) is 1. The fraction of sp³-hybridized carbons (Fsp3) is 0. The molecule has 0 aliphatic rings. The molecule has 0 heterocycles. The van der Waals surface area contributed by atoms with Gasteiger partial charge in [-0.15, -0.1) is 5.75 Å². The van der Waals surface area contributed by atoms with Crippen LogP contribution in [0.15, 0.2) is 89.7 Å². The highest BCUT2D eigenvalue weighted by Gasteiger charge is 2.14. The lowest BCUT2D eigenvalue weighted by Gasteiger charge is -2.13. The SMILES string of the molecule is O=C(NN=Cc1ccc(C(=O)O)cc1)C(=Cc1ccccc1[O-])NC(=O)c1ccccc1. The van der Waals surface area contributed by atoms with Crippen molar-refractivity contribution < 1.29 is 24.6 Å². The Morgan fingerprint density at radius 1 is 0.844 bits per heavy atom. The minimum absolute atomic E-state index is 0.122. The van der Waals surface area contributed by atoms with Crippen LogP contribution >= 0.6 is 0 Å². The number of hydrogen-bond donors (Lipinski definition) is 3. The van der Waals surface area contributed by atoms with Crippen molar-refractivity contribution >= 4 is 30.1 Å². The van der Waals surface area contributed by atoms with Gasteiger partial charge in [-0.2, -0.15) is 5.10 Å². The van der Waals surface area contributed by atoms with Gasteiger partial charge in [-0.3, -0.25) is 9.59 Å². The number of rotatable bonds is 7. The van der Waals surface area contributed by atoms with E-state index in [1.54, 1.807) is 42.5 Å². The highest BCUT2D eigenvalue weighted by Crippen LogP contribution is 2.16. The van der Waals surface area contributed by atoms with Gasteiger partial charge in [0.1, 0.15) is 5.70 Å². The van der Waals surface area contributed by atoms with Crippen LogP contribution in [0.1, 0.15) is 31.8 Å². The summed E-state index contributed by atoms with van der Waals surface area (Å²) in [7, 11) is 0. The molecule has 0 radical (unpaired) electrons. The number of benzene rings is 3. The van der Waals surface area contributed by atoms with E-state index in [1.807, 2.05) is 0 Å². The van der Waals surface area contributed by atoms with Gasteiger partial charge in [0.15, 0.2) is 0 Å². The van der Waals surface area contributed by atoms with Crippen molar-refractivity contribution in [1.29, 1.82) is 0 Å². The predicted molar refractivity (Wildman–Crippen MR) is 117 cm³/mol. The van der Waals surface area contributed by atoms with Gasteiger partial charge in [0.05, 0.1) is 11.8 Å². The standard InChI is InChI=1S/C24H19N3O5/c28-21-9-5-4-8-19(21)14-20(26-22(29)17-6-2-1-3-7-17)23(30)27-25-15-16-10-12-18(13-11-16)24(31)32/h1-15,28H,(H,26,29)(H,27,30)(H,31,32)/p-1. The number of hydrogen-bond acceptors (Lipinski definition) is 5. The Morgan fingerprint density at radius 3 is 2.16 bits per heavy atom. The maximum atomic E-state index is 12.7. The van der Waals surface area contributed by atoms with Crippen molar-refractivity contribution in [2.45, 2.75) is 0 Å². The first-order valence-corrected chi connectivity index (χ1v) is 9.45. The third kappa shape index (κ3) is 5.90. The molecule has 2 amide bonds. The molecule has 8 heteroatoms. The Bertz CT molecular complexity index is 1190. The predicted octanol–water partition coefficient (Wildman–Crippen LogP) is 2.38. The normalized spacial score (nSPS) is 11.2. The Kier molecular flexibility index (Phi) is 7.11. The van der Waals surface area contributed by atoms with Gasteiger partial charge >= 0.3 is 5.97 Å². The highest BCUT2D eigenvalue weighted by molar-refractivity contribution is 6.05. The van der Waals surface area contributed by atoms with Crippen LogP contribution in [0.25, 0.3) is 6.08 Å². The smallest absolute Gasteiger partial charge is 0.335 e. The monoisotopic (exact) mass is 428 g/mol. The number of hydrazone groups is 1. The molecule has 0 unspecified atom stereocenters. The van der Waals surface area contributed by atoms with E-state index in [2.05, 4.69) is 15.8 Å². The van der Waals surface area contributed by atoms with E-state index in [-0.39, 0.29) is 22.6 Å². The van der Waals surface area contributed by atoms with Gasteiger partial charge in [-0.05, 0) is 41.5 Å². The molecule has 0 aromatic heterocycles. The van der Waals surface area contributed by atoms with E-state index < -0.39 is 17.8 Å². The number of aromatic carboxylic acids is 1. The van der Waals surface area contributed by atoms with Gasteiger partial charge in [0.25, 0.3) is 11.8 Å². The van der Waals surface area contributed by atoms with Crippen LogP contribution in [0.5, 0.6) is 5.75 Å². The van der Waals surface area contributed by atoms with Crippen molar-refractivity contribution in [3.05, 3.63) is 107 Å². The maximum Gasteiger partial charge on any atom is 0.335 e. The summed E-state index contributed by atoms with van der Waals surface area (Å²) in [5, 5.41) is 27.3. The van der Waals surface area contributed by atoms with E-state index in [9.17, 15) is 19.5 Å². The topological polar surface area (TPSA) is 131 Å². The summed E-state index contributed by atoms with van der Waals surface area (Å²) in [6.07, 6.45) is 2.59. The lowest BCUT2D eigenvalue weighted by molar-refractivity contribution is -0.268. The van der Waals surface area contributed by atoms with Crippen molar-refractivity contribution in [2.24, 2.45) is 5.10 Å². The van der Waals surface area contributed by atoms with E-state index in [4.69, 9.17) is 5.11 Å². The number of carbonyl (C=O) groups excluding carboxylic acids is 2. The second-order valence-electron chi connectivity index (χ2n) is 6.54. The van der Waals surface area contributed by atoms with Crippen molar-refractivity contribution in [1.82, 2.24) is 10.7 Å². The summed E-state index contributed by atoms with van der Waals surface area (Å²) in [6, 6.07) is 20.3. The number of carbonyl (C=O) groups is 3. The molecule has 0 aliphatic heterocycles. The third-order valence-corrected chi connectivity index (χ3v) is 4.29. The average Bonchev–Trinajstić information content (AvgIpc) is 2.80. The molecule has 0 bridgehead atoms. The molecule has 3 N–H and O–H groups in total. The summed E-state index contributed by atoms with van der Waals surface area (Å²) in [5.41, 5.74) is 3.36. The third-order valence-electron chi connectivity index (χ3n) is 4.29. The van der Waals surface area contributed by atoms with E-state index >= 15 is 0 Å². The van der Waals surface area contributed by atoms with Crippen molar-refractivity contribution in [3.63, 3.8) is 0 Å². The first-order valence-electron chi connectivity index (χ1n) is 9.45. The Balaban J connectivity index is 1.79. The maximum absolute atomic E-state index is 12.7. The van der Waals surface area contributed by atoms with Crippen LogP contribution in [0.4, 0.5) is 0 Å². The Morgan fingerprint density at radius 2 is 1.50 bits per heavy atom. The zero-order chi connectivity index (χ0) is 22.9. The molecule has 0 atom stereocenters. The molecule has 0 aliphatic carbocycles. The van der Waals surface area contributed by atoms with Gasteiger partial charge in [-0.25, -0.2) is 10.2 Å². The van der Waals surface area contributed by atoms with Gasteiger partial charge < -0.3 is 15.5 Å². The number of carboxylic acid groups (broad SMARTS) is 1. The molecule has 8 nitrogen and oxygen atoms in total. The van der Waals surface area contributed by atoms with Crippen molar-refractivity contribution in [3.8, 4) is 5.75 Å². The summed E-state index contributed by atoms with van der Waals surface area (Å²) in [4.78, 5) is 36.1. The fourth-order valence-electron chi connectivity index (χ4n) is 2.64. The summed E-state index contributed by atoms with van der Waals surface area (Å²) < 4.78 is 0. The number of para-hydroxylation sites is 1. The largest absolute Gasteiger partial charge is 0.872 e. The molecule has 160 valence electrons. The summed E-state index contributed by atoms with van der Waals surface area (Å²) in [5.74, 6) is -2.63. The lowest BCUT2D eigenvalue weighted by Crippen LogP contribution is -2.32. The van der Waals surface area contributed by atoms with Gasteiger partial charge in [0, 0.05) is 5.56 Å². The van der Waals surface area contributed by atoms with Crippen LogP contribution in [0.3, 0.4) is 0 Å². The van der Waals surface area contributed by atoms with Crippen LogP contribution in [0, 0.1) is 0 Å². The molecule has 32 heavy (non-hydrogen) atoms. The number of nitrogens with one attached hydrogen (secondary N) is 2. The molecule has 3 aromatic rings. The second-order valence-corrected chi connectivity index (χ2v) is 6.54. The molecule has 0 spiro atoms. The molecule has 0 saturated heterocycles. The van der Waals surface area contributed by atoms with Crippen LogP contribution in [0.2, 0.25) is 0 Å². The number of amides is 2. The molecule has 0 saturated carbocycles. The highest BCUT2D eigenvalue weighted by atomic mass is 16.4. The minimum atomic E-state index is -1.05. The zero-order valence-electron chi connectivity index (χ0n) is 16.7. The molecule has 0 fully saturated rings. The Hall–Kier alpha value is -4.72. The lowest BCUT2D eigenvalue weighted by atomic mass is 10.1. The molecular weight excluding hydrogens is 410 g/mol. The first-order chi connectivity index (χ1) is 15.4. The fourth-order valence-corrected chi connectivity index (χ4v) is 2.64. The second kappa shape index (κ2) is 10.4. The molecular formula is C24H18N3O5-. The summed E-state index contributed by atoms with van der Waals surface area (Å²) in [6.45, 7) is 0. The van der Waals surface area contributed by atoms with Crippen LogP contribution in [-0.4, -0.2) is 29.1 Å². The van der Waals surface area contributed by atoms with Crippen LogP contribution < -0.4 is 15.8 Å². The first kappa shape index (κ1) is 22.0.